The van der Waals surface area contributed by atoms with E-state index in [2.05, 4.69) is 30.3 Å². The summed E-state index contributed by atoms with van der Waals surface area (Å²) in [4.78, 5) is 22.8. The van der Waals surface area contributed by atoms with Gasteiger partial charge in [0, 0.05) is 6.42 Å². The van der Waals surface area contributed by atoms with Crippen LogP contribution in [0.5, 0.6) is 0 Å². The van der Waals surface area contributed by atoms with E-state index in [-0.39, 0.29) is 5.56 Å². The number of nitrogens with zero attached hydrogens (tertiary/aromatic N) is 4. The van der Waals surface area contributed by atoms with Crippen molar-refractivity contribution in [2.24, 2.45) is 0 Å². The average molecular weight is 278 g/mol. The van der Waals surface area contributed by atoms with Crippen LogP contribution in [0, 0.1) is 0 Å². The molecule has 0 saturated heterocycles. The van der Waals surface area contributed by atoms with Gasteiger partial charge in [0.25, 0.3) is 5.56 Å². The second kappa shape index (κ2) is 4.84. The summed E-state index contributed by atoms with van der Waals surface area (Å²) in [6, 6.07) is 0. The number of hydrogen-bond donors (Lipinski definition) is 2. The Morgan fingerprint density at radius 2 is 2.32 bits per heavy atom. The van der Waals surface area contributed by atoms with Crippen LogP contribution in [0.25, 0.3) is 11.0 Å². The van der Waals surface area contributed by atoms with Crippen molar-refractivity contribution in [3.05, 3.63) is 28.3 Å². The van der Waals surface area contributed by atoms with Crippen molar-refractivity contribution >= 4 is 22.8 Å². The van der Waals surface area contributed by atoms with E-state index in [4.69, 9.17) is 4.52 Å². The molecule has 0 amide bonds. The van der Waals surface area contributed by atoms with Crippen LogP contribution in [0.1, 0.15) is 18.6 Å². The first-order valence-electron chi connectivity index (χ1n) is 5.64. The lowest BCUT2D eigenvalue weighted by Crippen LogP contribution is -2.08. The number of aromatic nitrogens is 6. The topological polar surface area (TPSA) is 113 Å². The fourth-order valence-electron chi connectivity index (χ4n) is 1.52. The number of nitrogens with one attached hydrogen (secondary N) is 2. The summed E-state index contributed by atoms with van der Waals surface area (Å²) < 4.78 is 5.00. The highest BCUT2D eigenvalue weighted by Crippen LogP contribution is 2.17. The molecule has 0 spiro atoms. The average Bonchev–Trinajstić information content (AvgIpc) is 3.05. The van der Waals surface area contributed by atoms with Crippen LogP contribution < -0.4 is 5.56 Å². The highest BCUT2D eigenvalue weighted by molar-refractivity contribution is 7.98. The van der Waals surface area contributed by atoms with Crippen molar-refractivity contribution in [3.63, 3.8) is 0 Å². The monoisotopic (exact) mass is 278 g/mol. The van der Waals surface area contributed by atoms with Crippen LogP contribution in [0.15, 0.2) is 20.7 Å². The van der Waals surface area contributed by atoms with Gasteiger partial charge in [-0.25, -0.2) is 4.98 Å². The smallest absolute Gasteiger partial charge is 0.262 e. The van der Waals surface area contributed by atoms with Gasteiger partial charge in [-0.05, 0) is 0 Å². The molecule has 3 aromatic heterocycles. The maximum atomic E-state index is 11.7. The summed E-state index contributed by atoms with van der Waals surface area (Å²) in [7, 11) is 0. The molecule has 3 aromatic rings. The molecule has 0 aromatic carbocycles. The summed E-state index contributed by atoms with van der Waals surface area (Å²) in [6.45, 7) is 1.94. The number of thioether (sulfide) groups is 1. The maximum absolute atomic E-state index is 11.7. The van der Waals surface area contributed by atoms with Gasteiger partial charge < -0.3 is 9.51 Å². The van der Waals surface area contributed by atoms with Gasteiger partial charge >= 0.3 is 0 Å². The van der Waals surface area contributed by atoms with Crippen LogP contribution >= 0.6 is 11.8 Å². The first-order valence-corrected chi connectivity index (χ1v) is 6.62. The molecule has 3 heterocycles. The molecule has 0 aliphatic carbocycles. The molecule has 0 unspecified atom stereocenters. The first-order chi connectivity index (χ1) is 9.26. The molecular weight excluding hydrogens is 268 g/mol. The second-order valence-corrected chi connectivity index (χ2v) is 4.71. The van der Waals surface area contributed by atoms with E-state index in [0.717, 1.165) is 0 Å². The molecule has 2 N–H and O–H groups in total. The Hall–Kier alpha value is -2.16. The van der Waals surface area contributed by atoms with Crippen LogP contribution in [-0.4, -0.2) is 30.3 Å². The molecule has 0 aliphatic heterocycles. The minimum atomic E-state index is -0.219. The number of aromatic amines is 2. The molecular formula is C10H10N6O2S. The van der Waals surface area contributed by atoms with Crippen molar-refractivity contribution in [3.8, 4) is 0 Å². The van der Waals surface area contributed by atoms with Gasteiger partial charge in [-0.2, -0.15) is 10.1 Å². The quantitative estimate of drug-likeness (QED) is 0.538. The zero-order valence-electron chi connectivity index (χ0n) is 10.0. The molecule has 98 valence electrons. The van der Waals surface area contributed by atoms with Crippen molar-refractivity contribution < 1.29 is 4.52 Å². The number of hydrogen-bond acceptors (Lipinski definition) is 7. The third-order valence-corrected chi connectivity index (χ3v) is 3.32. The molecule has 0 fully saturated rings. The van der Waals surface area contributed by atoms with Crippen LogP contribution in [-0.2, 0) is 12.2 Å². The van der Waals surface area contributed by atoms with Gasteiger partial charge in [0.1, 0.15) is 5.39 Å². The van der Waals surface area contributed by atoms with E-state index in [9.17, 15) is 4.79 Å². The Balaban J connectivity index is 1.79. The van der Waals surface area contributed by atoms with Gasteiger partial charge in [-0.3, -0.25) is 9.89 Å². The normalized spacial score (nSPS) is 11.2. The summed E-state index contributed by atoms with van der Waals surface area (Å²) in [5.74, 6) is 1.65. The Morgan fingerprint density at radius 3 is 3.11 bits per heavy atom. The minimum absolute atomic E-state index is 0.219. The lowest BCUT2D eigenvalue weighted by molar-refractivity contribution is 0.378. The molecule has 19 heavy (non-hydrogen) atoms. The highest BCUT2D eigenvalue weighted by atomic mass is 32.2. The standard InChI is InChI=1S/C10H10N6O2S/c1-2-7-12-6(16-18-7)4-19-10-13-8-5(3-11-15-8)9(17)14-10/h3H,2,4H2,1H3,(H2,11,13,14,15,17). The van der Waals surface area contributed by atoms with Crippen molar-refractivity contribution in [1.82, 2.24) is 30.3 Å². The molecule has 0 aliphatic rings. The molecule has 0 saturated carbocycles. The summed E-state index contributed by atoms with van der Waals surface area (Å²) in [5, 5.41) is 11.2. The predicted molar refractivity (Wildman–Crippen MR) is 67.7 cm³/mol. The predicted octanol–water partition coefficient (Wildman–Crippen LogP) is 0.884. The molecule has 0 bridgehead atoms. The van der Waals surface area contributed by atoms with Gasteiger partial charge in [0.2, 0.25) is 5.89 Å². The summed E-state index contributed by atoms with van der Waals surface area (Å²) >= 11 is 1.33. The molecule has 0 atom stereocenters. The van der Waals surface area contributed by atoms with Crippen LogP contribution in [0.3, 0.4) is 0 Å². The van der Waals surface area contributed by atoms with Gasteiger partial charge in [0.15, 0.2) is 16.6 Å². The van der Waals surface area contributed by atoms with Crippen molar-refractivity contribution in [2.45, 2.75) is 24.3 Å². The van der Waals surface area contributed by atoms with E-state index in [1.54, 1.807) is 0 Å². The number of H-pyrrole nitrogens is 2. The van der Waals surface area contributed by atoms with E-state index >= 15 is 0 Å². The number of aryl methyl sites for hydroxylation is 1. The largest absolute Gasteiger partial charge is 0.339 e. The molecule has 3 rings (SSSR count). The van der Waals surface area contributed by atoms with Crippen molar-refractivity contribution in [1.29, 1.82) is 0 Å². The second-order valence-electron chi connectivity index (χ2n) is 3.75. The van der Waals surface area contributed by atoms with E-state index in [1.807, 2.05) is 6.92 Å². The molecule has 9 heteroatoms. The fraction of sp³-hybridized carbons (Fsp3) is 0.300. The SMILES string of the molecule is CCc1nc(CSc2nc3[nH]ncc3c(=O)[nH]2)no1. The summed E-state index contributed by atoms with van der Waals surface area (Å²) in [6.07, 6.45) is 2.15. The van der Waals surface area contributed by atoms with E-state index < -0.39 is 0 Å². The maximum Gasteiger partial charge on any atom is 0.262 e. The first kappa shape index (κ1) is 11.9. The molecule has 0 radical (unpaired) electrons. The Kier molecular flexibility index (Phi) is 3.03. The lowest BCUT2D eigenvalue weighted by atomic mass is 10.4. The lowest BCUT2D eigenvalue weighted by Gasteiger charge is -1.97. The molecule has 8 nitrogen and oxygen atoms in total. The van der Waals surface area contributed by atoms with E-state index in [0.29, 0.717) is 40.1 Å². The zero-order valence-corrected chi connectivity index (χ0v) is 10.8. The minimum Gasteiger partial charge on any atom is -0.339 e. The Labute approximate surface area is 111 Å². The Bertz CT molecular complexity index is 761. The Morgan fingerprint density at radius 1 is 1.42 bits per heavy atom. The van der Waals surface area contributed by atoms with Crippen molar-refractivity contribution in [2.75, 3.05) is 0 Å². The summed E-state index contributed by atoms with van der Waals surface area (Å²) in [5.41, 5.74) is 0.247. The number of rotatable bonds is 4. The zero-order chi connectivity index (χ0) is 13.2. The highest BCUT2D eigenvalue weighted by Gasteiger charge is 2.09. The third kappa shape index (κ3) is 2.36. The number of fused-ring (bicyclic) bond motifs is 1. The third-order valence-electron chi connectivity index (χ3n) is 2.45. The van der Waals surface area contributed by atoms with E-state index in [1.165, 1.54) is 18.0 Å². The van der Waals surface area contributed by atoms with Gasteiger partial charge in [-0.1, -0.05) is 23.8 Å². The van der Waals surface area contributed by atoms with Crippen LogP contribution in [0.2, 0.25) is 0 Å². The fourth-order valence-corrected chi connectivity index (χ4v) is 2.22. The van der Waals surface area contributed by atoms with Gasteiger partial charge in [0.05, 0.1) is 11.9 Å². The van der Waals surface area contributed by atoms with Crippen LogP contribution in [0.4, 0.5) is 0 Å². The van der Waals surface area contributed by atoms with Gasteiger partial charge in [-0.15, -0.1) is 0 Å².